The molecule has 0 fully saturated rings. The highest BCUT2D eigenvalue weighted by Crippen LogP contribution is 2.24. The van der Waals surface area contributed by atoms with Crippen molar-refractivity contribution >= 4 is 45.6 Å². The van der Waals surface area contributed by atoms with Crippen molar-refractivity contribution in [3.05, 3.63) is 77.3 Å². The Morgan fingerprint density at radius 1 is 0.935 bits per heavy atom. The fraction of sp³-hybridized carbons (Fsp3) is 0.174. The Kier molecular flexibility index (Phi) is 6.43. The first-order chi connectivity index (χ1) is 15.1. The van der Waals surface area contributed by atoms with Gasteiger partial charge in [0, 0.05) is 52.8 Å². The molecule has 0 saturated carbocycles. The molecule has 0 atom stereocenters. The molecule has 2 heterocycles. The zero-order valence-corrected chi connectivity index (χ0v) is 17.7. The summed E-state index contributed by atoms with van der Waals surface area (Å²) >= 11 is 6.05. The Morgan fingerprint density at radius 2 is 1.74 bits per heavy atom. The summed E-state index contributed by atoms with van der Waals surface area (Å²) < 4.78 is 13.1. The molecule has 0 spiro atoms. The normalized spacial score (nSPS) is 10.8. The molecule has 158 valence electrons. The molecular formula is C23H22ClFN6. The Bertz CT molecular complexity index is 1180. The van der Waals surface area contributed by atoms with Crippen LogP contribution in [-0.4, -0.2) is 28.0 Å². The minimum Gasteiger partial charge on any atom is -0.384 e. The summed E-state index contributed by atoms with van der Waals surface area (Å²) in [6.45, 7) is 3.40. The molecule has 0 aliphatic heterocycles. The van der Waals surface area contributed by atoms with Gasteiger partial charge in [-0.3, -0.25) is 4.98 Å². The van der Waals surface area contributed by atoms with Crippen LogP contribution in [0.25, 0.3) is 10.9 Å². The van der Waals surface area contributed by atoms with Gasteiger partial charge in [0.15, 0.2) is 0 Å². The summed E-state index contributed by atoms with van der Waals surface area (Å²) in [5.41, 5.74) is 3.49. The van der Waals surface area contributed by atoms with Crippen LogP contribution in [0.2, 0.25) is 5.02 Å². The second kappa shape index (κ2) is 9.57. The number of benzene rings is 2. The van der Waals surface area contributed by atoms with Crippen LogP contribution in [0.1, 0.15) is 12.1 Å². The van der Waals surface area contributed by atoms with E-state index < -0.39 is 0 Å². The van der Waals surface area contributed by atoms with E-state index in [1.165, 1.54) is 12.1 Å². The lowest BCUT2D eigenvalue weighted by Crippen LogP contribution is -2.12. The second-order valence-corrected chi connectivity index (χ2v) is 7.51. The van der Waals surface area contributed by atoms with Crippen LogP contribution in [-0.2, 0) is 0 Å². The molecule has 0 saturated heterocycles. The maximum Gasteiger partial charge on any atom is 0.224 e. The number of hydrogen-bond acceptors (Lipinski definition) is 6. The van der Waals surface area contributed by atoms with Crippen LogP contribution >= 0.6 is 11.6 Å². The van der Waals surface area contributed by atoms with Crippen LogP contribution in [0.15, 0.2) is 60.8 Å². The van der Waals surface area contributed by atoms with Crippen LogP contribution in [0.5, 0.6) is 0 Å². The third kappa shape index (κ3) is 5.58. The molecule has 0 amide bonds. The fourth-order valence-corrected chi connectivity index (χ4v) is 3.35. The molecule has 3 N–H and O–H groups in total. The molecule has 0 unspecified atom stereocenters. The smallest absolute Gasteiger partial charge is 0.224 e. The van der Waals surface area contributed by atoms with E-state index in [9.17, 15) is 4.39 Å². The van der Waals surface area contributed by atoms with Crippen LogP contribution in [0.3, 0.4) is 0 Å². The number of nitrogens with one attached hydrogen (secondary N) is 3. The number of fused-ring (bicyclic) bond motifs is 1. The van der Waals surface area contributed by atoms with Crippen LogP contribution < -0.4 is 16.0 Å². The van der Waals surface area contributed by atoms with E-state index in [1.54, 1.807) is 18.3 Å². The highest BCUT2D eigenvalue weighted by atomic mass is 35.5. The van der Waals surface area contributed by atoms with E-state index in [0.717, 1.165) is 40.9 Å². The third-order valence-electron chi connectivity index (χ3n) is 4.63. The standard InChI is InChI=1S/C23H22ClFN6/c1-15-13-22(30-18-6-4-17(25)5-7-18)31-23(29-15)28-11-2-10-26-20-9-12-27-21-14-16(24)3-8-19(20)21/h3-9,12-14H,2,10-11H2,1H3,(H,26,27)(H2,28,29,30,31). The van der Waals surface area contributed by atoms with Crippen molar-refractivity contribution < 1.29 is 4.39 Å². The molecular weight excluding hydrogens is 415 g/mol. The quantitative estimate of drug-likeness (QED) is 0.304. The van der Waals surface area contributed by atoms with E-state index in [2.05, 4.69) is 30.9 Å². The molecule has 4 aromatic rings. The molecule has 6 nitrogen and oxygen atoms in total. The molecule has 0 aliphatic rings. The summed E-state index contributed by atoms with van der Waals surface area (Å²) in [6, 6.07) is 15.7. The molecule has 0 aliphatic carbocycles. The predicted octanol–water partition coefficient (Wildman–Crippen LogP) is 5.78. The number of pyridine rings is 1. The van der Waals surface area contributed by atoms with Crippen molar-refractivity contribution in [1.82, 2.24) is 15.0 Å². The zero-order valence-electron chi connectivity index (χ0n) is 17.0. The third-order valence-corrected chi connectivity index (χ3v) is 4.86. The van der Waals surface area contributed by atoms with Gasteiger partial charge < -0.3 is 16.0 Å². The number of aryl methyl sites for hydroxylation is 1. The van der Waals surface area contributed by atoms with E-state index in [1.807, 2.05) is 37.3 Å². The summed E-state index contributed by atoms with van der Waals surface area (Å²) in [5.74, 6) is 0.930. The van der Waals surface area contributed by atoms with Crippen LogP contribution in [0.4, 0.5) is 27.5 Å². The van der Waals surface area contributed by atoms with Crippen LogP contribution in [0, 0.1) is 12.7 Å². The molecule has 2 aromatic carbocycles. The van der Waals surface area contributed by atoms with Crippen molar-refractivity contribution in [3.8, 4) is 0 Å². The maximum atomic E-state index is 13.1. The Balaban J connectivity index is 1.31. The number of halogens is 2. The average molecular weight is 437 g/mol. The van der Waals surface area contributed by atoms with Gasteiger partial charge in [-0.15, -0.1) is 0 Å². The number of hydrogen-bond donors (Lipinski definition) is 3. The van der Waals surface area contributed by atoms with Gasteiger partial charge in [-0.2, -0.15) is 4.98 Å². The van der Waals surface area contributed by atoms with Gasteiger partial charge >= 0.3 is 0 Å². The van der Waals surface area contributed by atoms with Gasteiger partial charge in [-0.05, 0) is 61.9 Å². The van der Waals surface area contributed by atoms with E-state index in [-0.39, 0.29) is 5.82 Å². The van der Waals surface area contributed by atoms with Gasteiger partial charge in [-0.25, -0.2) is 9.37 Å². The zero-order chi connectivity index (χ0) is 21.6. The summed E-state index contributed by atoms with van der Waals surface area (Å²) in [7, 11) is 0. The maximum absolute atomic E-state index is 13.1. The van der Waals surface area contributed by atoms with Gasteiger partial charge in [-0.1, -0.05) is 11.6 Å². The number of nitrogens with zero attached hydrogens (tertiary/aromatic N) is 3. The molecule has 0 radical (unpaired) electrons. The van der Waals surface area contributed by atoms with E-state index in [0.29, 0.717) is 23.3 Å². The summed E-state index contributed by atoms with van der Waals surface area (Å²) in [5, 5.41) is 11.6. The predicted molar refractivity (Wildman–Crippen MR) is 125 cm³/mol. The SMILES string of the molecule is Cc1cc(Nc2ccc(F)cc2)nc(NCCCNc2ccnc3cc(Cl)ccc23)n1. The van der Waals surface area contributed by atoms with Crippen molar-refractivity contribution in [3.63, 3.8) is 0 Å². The molecule has 4 rings (SSSR count). The summed E-state index contributed by atoms with van der Waals surface area (Å²) in [6.07, 6.45) is 2.64. The number of aromatic nitrogens is 3. The first-order valence-electron chi connectivity index (χ1n) is 9.97. The lowest BCUT2D eigenvalue weighted by molar-refractivity contribution is 0.628. The van der Waals surface area contributed by atoms with Crippen molar-refractivity contribution in [1.29, 1.82) is 0 Å². The first kappa shape index (κ1) is 20.8. The van der Waals surface area contributed by atoms with Gasteiger partial charge in [0.25, 0.3) is 0 Å². The average Bonchev–Trinajstić information content (AvgIpc) is 2.74. The minimum absolute atomic E-state index is 0.274. The van der Waals surface area contributed by atoms with E-state index >= 15 is 0 Å². The fourth-order valence-electron chi connectivity index (χ4n) is 3.18. The topological polar surface area (TPSA) is 74.8 Å². The minimum atomic E-state index is -0.274. The Labute approximate surface area is 184 Å². The number of anilines is 4. The number of rotatable bonds is 8. The lowest BCUT2D eigenvalue weighted by atomic mass is 10.2. The largest absolute Gasteiger partial charge is 0.384 e. The Morgan fingerprint density at radius 3 is 2.58 bits per heavy atom. The molecule has 2 aromatic heterocycles. The molecule has 31 heavy (non-hydrogen) atoms. The molecule has 8 heteroatoms. The highest BCUT2D eigenvalue weighted by Gasteiger charge is 2.04. The monoisotopic (exact) mass is 436 g/mol. The van der Waals surface area contributed by atoms with Crippen molar-refractivity contribution in [2.24, 2.45) is 0 Å². The molecule has 0 bridgehead atoms. The van der Waals surface area contributed by atoms with Crippen molar-refractivity contribution in [2.75, 3.05) is 29.0 Å². The highest BCUT2D eigenvalue weighted by molar-refractivity contribution is 6.31. The first-order valence-corrected chi connectivity index (χ1v) is 10.3. The second-order valence-electron chi connectivity index (χ2n) is 7.08. The Hall–Kier alpha value is -3.45. The van der Waals surface area contributed by atoms with Gasteiger partial charge in [0.2, 0.25) is 5.95 Å². The van der Waals surface area contributed by atoms with E-state index in [4.69, 9.17) is 11.6 Å². The summed E-state index contributed by atoms with van der Waals surface area (Å²) in [4.78, 5) is 13.3. The van der Waals surface area contributed by atoms with Gasteiger partial charge in [0.1, 0.15) is 11.6 Å². The lowest BCUT2D eigenvalue weighted by Gasteiger charge is -2.11. The van der Waals surface area contributed by atoms with Crippen molar-refractivity contribution in [2.45, 2.75) is 13.3 Å². The van der Waals surface area contributed by atoms with Gasteiger partial charge in [0.05, 0.1) is 5.52 Å².